The maximum Gasteiger partial charge on any atom is 4.00 e. The first-order valence-electron chi connectivity index (χ1n) is 16.8. The van der Waals surface area contributed by atoms with Gasteiger partial charge in [-0.05, 0) is 12.8 Å². The van der Waals surface area contributed by atoms with Gasteiger partial charge in [0.05, 0.1) is 5.78 Å². The third-order valence-electron chi connectivity index (χ3n) is 11.6. The Balaban J connectivity index is 0.000000145. The van der Waals surface area contributed by atoms with Gasteiger partial charge in [0, 0.05) is 33.9 Å². The van der Waals surface area contributed by atoms with Crippen LogP contribution in [0.4, 0.5) is 0 Å². The van der Waals surface area contributed by atoms with Crippen molar-refractivity contribution in [3.05, 3.63) is 23.7 Å². The second-order valence-electron chi connectivity index (χ2n) is 14.3. The number of carbonyl (C=O) groups is 3. The first-order valence-corrected chi connectivity index (χ1v) is 16.8. The van der Waals surface area contributed by atoms with E-state index in [1.807, 2.05) is 23.7 Å². The summed E-state index contributed by atoms with van der Waals surface area (Å²) in [6.45, 7) is 0. The zero-order valence-electron chi connectivity index (χ0n) is 25.8. The number of hydrogen-bond donors (Lipinski definition) is 0. The summed E-state index contributed by atoms with van der Waals surface area (Å²) in [5.74, 6) is 8.38. The Morgan fingerprint density at radius 2 is 0.786 bits per heavy atom. The molecule has 0 aliphatic heterocycles. The van der Waals surface area contributed by atoms with Gasteiger partial charge in [-0.25, -0.2) is 0 Å². The Morgan fingerprint density at radius 1 is 0.500 bits per heavy atom. The first-order chi connectivity index (χ1) is 19.5. The van der Waals surface area contributed by atoms with Crippen molar-refractivity contribution in [1.82, 2.24) is 0 Å². The van der Waals surface area contributed by atoms with E-state index in [2.05, 4.69) is 0 Å². The van der Waals surface area contributed by atoms with Crippen molar-refractivity contribution < 1.29 is 62.6 Å². The summed E-state index contributed by atoms with van der Waals surface area (Å²) < 4.78 is 0. The summed E-state index contributed by atoms with van der Waals surface area (Å²) in [7, 11) is 0. The molecule has 6 heteroatoms. The van der Waals surface area contributed by atoms with Crippen LogP contribution in [0.1, 0.15) is 148 Å². The van der Waals surface area contributed by atoms with E-state index < -0.39 is 17.3 Å². The van der Waals surface area contributed by atoms with Gasteiger partial charge in [0.25, 0.3) is 0 Å². The van der Waals surface area contributed by atoms with Crippen molar-refractivity contribution in [3.8, 4) is 0 Å². The van der Waals surface area contributed by atoms with Crippen LogP contribution in [0.25, 0.3) is 0 Å². The standard InChI is InChI=1S/C8H7O4.4C7H11.2Ti/c9-4-6(10)8(12)7(11)5-2-1-3-5;4*1-2-7-4-3-6(1)5-7;;/h5H,1-3H2;4*6H,1-5H2;;/q5*-1;;+4. The molecule has 0 spiro atoms. The van der Waals surface area contributed by atoms with Crippen LogP contribution in [-0.4, -0.2) is 23.6 Å². The summed E-state index contributed by atoms with van der Waals surface area (Å²) in [6, 6.07) is 0. The second kappa shape index (κ2) is 18.3. The smallest absolute Gasteiger partial charge is 0.415 e. The molecule has 0 radical (unpaired) electrons. The van der Waals surface area contributed by atoms with Crippen LogP contribution in [0.5, 0.6) is 0 Å². The van der Waals surface area contributed by atoms with E-state index in [9.17, 15) is 19.2 Å². The molecule has 42 heavy (non-hydrogen) atoms. The molecule has 9 aliphatic rings. The first kappa shape index (κ1) is 36.6. The molecule has 0 atom stereocenters. The molecule has 9 fully saturated rings. The molecule has 0 aromatic rings. The Bertz CT molecular complexity index is 726. The monoisotopic (exact) mass is 643 g/mol. The van der Waals surface area contributed by atoms with Crippen LogP contribution in [0, 0.1) is 53.3 Å². The summed E-state index contributed by atoms with van der Waals surface area (Å²) >= 11 is 0. The number of Topliss-reactive ketones (excluding diaryl/α,β-unsaturated/α-hetero) is 3. The summed E-state index contributed by atoms with van der Waals surface area (Å²) in [5, 5.41) is 0. The molecule has 0 aromatic carbocycles. The molecule has 228 valence electrons. The van der Waals surface area contributed by atoms with Gasteiger partial charge in [0.15, 0.2) is 0 Å². The van der Waals surface area contributed by atoms with E-state index in [4.69, 9.17) is 0 Å². The molecule has 0 saturated heterocycles. The molecule has 9 rings (SSSR count). The Labute approximate surface area is 285 Å². The normalized spacial score (nSPS) is 26.4. The molecular weight excluding hydrogens is 592 g/mol. The summed E-state index contributed by atoms with van der Waals surface area (Å²) in [6.07, 6.45) is 33.1. The van der Waals surface area contributed by atoms with Gasteiger partial charge in [-0.3, -0.25) is 0 Å². The number of ketones is 3. The van der Waals surface area contributed by atoms with Crippen molar-refractivity contribution in [3.63, 3.8) is 0 Å². The molecule has 9 aliphatic carbocycles. The second-order valence-corrected chi connectivity index (χ2v) is 14.3. The average Bonchev–Trinajstić information content (AvgIpc) is 3.83. The van der Waals surface area contributed by atoms with Crippen LogP contribution in [0.3, 0.4) is 0 Å². The summed E-state index contributed by atoms with van der Waals surface area (Å²) in [4.78, 5) is 41.9. The Kier molecular flexibility index (Phi) is 15.9. The fourth-order valence-electron chi connectivity index (χ4n) is 8.62. The fourth-order valence-corrected chi connectivity index (χ4v) is 8.62. The van der Waals surface area contributed by atoms with E-state index in [0.717, 1.165) is 36.4 Å². The fraction of sp³-hybridized carbons (Fsp3) is 0.778. The minimum Gasteiger partial charge on any atom is -0.415 e. The average molecular weight is 644 g/mol. The molecule has 0 N–H and O–H groups in total. The molecule has 0 heterocycles. The van der Waals surface area contributed by atoms with Gasteiger partial charge in [-0.2, -0.15) is 77.0 Å². The van der Waals surface area contributed by atoms with Crippen LogP contribution in [0.2, 0.25) is 0 Å². The Hall–Kier alpha value is 0.109. The van der Waals surface area contributed by atoms with Crippen molar-refractivity contribution >= 4 is 23.6 Å². The predicted molar refractivity (Wildman–Crippen MR) is 157 cm³/mol. The van der Waals surface area contributed by atoms with Gasteiger partial charge < -0.3 is 42.8 Å². The van der Waals surface area contributed by atoms with Gasteiger partial charge in [0.2, 0.25) is 0 Å². The third-order valence-corrected chi connectivity index (χ3v) is 11.6. The van der Waals surface area contributed by atoms with E-state index in [-0.39, 0.29) is 49.4 Å². The zero-order chi connectivity index (χ0) is 27.9. The quantitative estimate of drug-likeness (QED) is 0.134. The molecule has 8 bridgehead atoms. The zero-order valence-corrected chi connectivity index (χ0v) is 28.9. The predicted octanol–water partition coefficient (Wildman–Crippen LogP) is 8.22. The van der Waals surface area contributed by atoms with Gasteiger partial charge in [0.1, 0.15) is 11.6 Å². The van der Waals surface area contributed by atoms with Crippen molar-refractivity contribution in [2.24, 2.45) is 29.6 Å². The number of fused-ring (bicyclic) bond motifs is 8. The van der Waals surface area contributed by atoms with Gasteiger partial charge in [-0.15, -0.1) is 0 Å². The van der Waals surface area contributed by atoms with Crippen LogP contribution in [0.15, 0.2) is 0 Å². The number of carbonyl (C=O) groups excluding carboxylic acids is 4. The molecule has 0 unspecified atom stereocenters. The topological polar surface area (TPSA) is 68.3 Å². The molecule has 9 saturated carbocycles. The van der Waals surface area contributed by atoms with Crippen LogP contribution in [-0.2, 0) is 62.6 Å². The largest absolute Gasteiger partial charge is 4.00 e. The number of rotatable bonds is 4. The summed E-state index contributed by atoms with van der Waals surface area (Å²) in [5.41, 5.74) is 0. The molecule has 4 nitrogen and oxygen atoms in total. The van der Waals surface area contributed by atoms with Crippen LogP contribution >= 0.6 is 0 Å². The van der Waals surface area contributed by atoms with Gasteiger partial charge in [-0.1, -0.05) is 81.5 Å². The minimum atomic E-state index is -1.35. The van der Waals surface area contributed by atoms with E-state index in [1.54, 1.807) is 0 Å². The maximum atomic E-state index is 11.0. The van der Waals surface area contributed by atoms with E-state index in [1.165, 1.54) is 128 Å². The molecular formula is C36H51O4Ti2-. The van der Waals surface area contributed by atoms with E-state index >= 15 is 0 Å². The Morgan fingerprint density at radius 3 is 0.905 bits per heavy atom. The SMILES string of the molecule is C1CC2CC[C-]1C2.C1CC2CC[C-]1C2.C1CC2CC[C-]1C2.C1CC2CC[C-]1C2.O=[C-]C(=O)C(=O)C(=O)C1CCC1.[Ti+4].[Ti]. The van der Waals surface area contributed by atoms with E-state index in [0.29, 0.717) is 12.8 Å². The van der Waals surface area contributed by atoms with Crippen LogP contribution < -0.4 is 0 Å². The number of hydrogen-bond acceptors (Lipinski definition) is 4. The van der Waals surface area contributed by atoms with Crippen molar-refractivity contribution in [1.29, 1.82) is 0 Å². The van der Waals surface area contributed by atoms with Gasteiger partial charge >= 0.3 is 21.7 Å². The van der Waals surface area contributed by atoms with Crippen molar-refractivity contribution in [2.75, 3.05) is 0 Å². The maximum absolute atomic E-state index is 11.0. The minimum absolute atomic E-state index is 0. The molecule has 0 aromatic heterocycles. The van der Waals surface area contributed by atoms with Crippen molar-refractivity contribution in [2.45, 2.75) is 148 Å². The molecule has 0 amide bonds. The third kappa shape index (κ3) is 10.6.